The Morgan fingerprint density at radius 2 is 1.82 bits per heavy atom. The number of carbonyl (C=O) groups excluding carboxylic acids is 3. The molecule has 0 unspecified atom stereocenters. The average molecular weight is 308 g/mol. The molecule has 0 aromatic heterocycles. The van der Waals surface area contributed by atoms with Crippen LogP contribution in [0.4, 0.5) is 0 Å². The molecule has 0 aliphatic heterocycles. The number of rotatable bonds is 7. The molecule has 2 amide bonds. The molecule has 0 saturated carbocycles. The van der Waals surface area contributed by atoms with Gasteiger partial charge in [-0.05, 0) is 19.1 Å². The first-order valence-corrected chi connectivity index (χ1v) is 6.75. The van der Waals surface area contributed by atoms with Crippen LogP contribution < -0.4 is 10.1 Å². The number of ether oxygens (including phenoxy) is 2. The van der Waals surface area contributed by atoms with E-state index in [9.17, 15) is 14.4 Å². The predicted molar refractivity (Wildman–Crippen MR) is 79.2 cm³/mol. The average Bonchev–Trinajstić information content (AvgIpc) is 2.50. The maximum Gasteiger partial charge on any atom is 0.347 e. The molecule has 1 rings (SSSR count). The molecule has 1 aromatic carbocycles. The Kier molecular flexibility index (Phi) is 6.88. The van der Waals surface area contributed by atoms with E-state index in [1.54, 1.807) is 38.4 Å². The van der Waals surface area contributed by atoms with E-state index >= 15 is 0 Å². The fourth-order valence-electron chi connectivity index (χ4n) is 1.39. The normalized spacial score (nSPS) is 11.2. The minimum Gasteiger partial charge on any atom is -0.479 e. The Morgan fingerprint density at radius 3 is 2.41 bits per heavy atom. The van der Waals surface area contributed by atoms with E-state index in [0.717, 1.165) is 0 Å². The maximum atomic E-state index is 11.7. The van der Waals surface area contributed by atoms with Crippen LogP contribution in [0.25, 0.3) is 0 Å². The number of esters is 1. The summed E-state index contributed by atoms with van der Waals surface area (Å²) >= 11 is 0. The van der Waals surface area contributed by atoms with Gasteiger partial charge in [0, 0.05) is 14.1 Å². The smallest absolute Gasteiger partial charge is 0.347 e. The number of benzene rings is 1. The van der Waals surface area contributed by atoms with Gasteiger partial charge in [0.05, 0.1) is 6.54 Å². The minimum absolute atomic E-state index is 0.139. The van der Waals surface area contributed by atoms with Gasteiger partial charge >= 0.3 is 5.97 Å². The van der Waals surface area contributed by atoms with E-state index in [0.29, 0.717) is 5.75 Å². The quantitative estimate of drug-likeness (QED) is 0.727. The second kappa shape index (κ2) is 8.66. The molecule has 7 nitrogen and oxygen atoms in total. The first kappa shape index (κ1) is 17.5. The molecular weight excluding hydrogens is 288 g/mol. The molecule has 120 valence electrons. The second-order valence-electron chi connectivity index (χ2n) is 4.75. The van der Waals surface area contributed by atoms with Crippen molar-refractivity contribution in [3.63, 3.8) is 0 Å². The maximum absolute atomic E-state index is 11.7. The Labute approximate surface area is 129 Å². The highest BCUT2D eigenvalue weighted by atomic mass is 16.6. The van der Waals surface area contributed by atoms with Gasteiger partial charge < -0.3 is 19.7 Å². The zero-order valence-electron chi connectivity index (χ0n) is 12.9. The number of carbonyl (C=O) groups is 3. The Morgan fingerprint density at radius 1 is 1.18 bits per heavy atom. The number of amides is 2. The summed E-state index contributed by atoms with van der Waals surface area (Å²) in [5, 5.41) is 2.36. The molecule has 0 aliphatic carbocycles. The topological polar surface area (TPSA) is 84.9 Å². The summed E-state index contributed by atoms with van der Waals surface area (Å²) in [6.07, 6.45) is -0.835. The van der Waals surface area contributed by atoms with Gasteiger partial charge in [-0.25, -0.2) is 4.79 Å². The summed E-state index contributed by atoms with van der Waals surface area (Å²) in [7, 11) is 3.16. The van der Waals surface area contributed by atoms with E-state index in [1.165, 1.54) is 11.8 Å². The first-order valence-electron chi connectivity index (χ1n) is 6.75. The number of likely N-dealkylation sites (N-methyl/N-ethyl adjacent to an activating group) is 1. The molecular formula is C15H20N2O5. The van der Waals surface area contributed by atoms with Gasteiger partial charge in [-0.1, -0.05) is 18.2 Å². The fraction of sp³-hybridized carbons (Fsp3) is 0.400. The number of para-hydroxylation sites is 1. The van der Waals surface area contributed by atoms with Crippen LogP contribution in [-0.4, -0.2) is 56.0 Å². The van der Waals surface area contributed by atoms with E-state index < -0.39 is 24.6 Å². The van der Waals surface area contributed by atoms with Crippen molar-refractivity contribution in [2.45, 2.75) is 13.0 Å². The lowest BCUT2D eigenvalue weighted by molar-refractivity contribution is -0.154. The van der Waals surface area contributed by atoms with Crippen LogP contribution in [0.15, 0.2) is 30.3 Å². The second-order valence-corrected chi connectivity index (χ2v) is 4.75. The summed E-state index contributed by atoms with van der Waals surface area (Å²) in [5.74, 6) is -0.915. The lowest BCUT2D eigenvalue weighted by atomic mass is 10.3. The SMILES string of the molecule is C[C@@H](Oc1ccccc1)C(=O)OCC(=O)NCC(=O)N(C)C. The van der Waals surface area contributed by atoms with E-state index in [1.807, 2.05) is 6.07 Å². The van der Waals surface area contributed by atoms with Crippen molar-refractivity contribution in [3.05, 3.63) is 30.3 Å². The zero-order chi connectivity index (χ0) is 16.5. The standard InChI is InChI=1S/C15H20N2O5/c1-11(22-12-7-5-4-6-8-12)15(20)21-10-13(18)16-9-14(19)17(2)3/h4-8,11H,9-10H2,1-3H3,(H,16,18)/t11-/m1/s1. The largest absolute Gasteiger partial charge is 0.479 e. The monoisotopic (exact) mass is 308 g/mol. The fourth-order valence-corrected chi connectivity index (χ4v) is 1.39. The molecule has 22 heavy (non-hydrogen) atoms. The number of hydrogen-bond acceptors (Lipinski definition) is 5. The number of hydrogen-bond donors (Lipinski definition) is 1. The molecule has 0 spiro atoms. The zero-order valence-corrected chi connectivity index (χ0v) is 12.9. The van der Waals surface area contributed by atoms with Crippen LogP contribution in [-0.2, 0) is 19.1 Å². The Hall–Kier alpha value is -2.57. The first-order chi connectivity index (χ1) is 10.4. The summed E-state index contributed by atoms with van der Waals surface area (Å²) in [6.45, 7) is 0.935. The van der Waals surface area contributed by atoms with Crippen LogP contribution in [0.3, 0.4) is 0 Å². The third-order valence-electron chi connectivity index (χ3n) is 2.67. The van der Waals surface area contributed by atoms with Crippen molar-refractivity contribution in [1.29, 1.82) is 0 Å². The molecule has 0 saturated heterocycles. The molecule has 1 aromatic rings. The van der Waals surface area contributed by atoms with Gasteiger partial charge in [-0.2, -0.15) is 0 Å². The van der Waals surface area contributed by atoms with Crippen LogP contribution in [0.5, 0.6) is 5.75 Å². The van der Waals surface area contributed by atoms with E-state index in [-0.39, 0.29) is 12.5 Å². The van der Waals surface area contributed by atoms with E-state index in [4.69, 9.17) is 9.47 Å². The summed E-state index contributed by atoms with van der Waals surface area (Å²) in [6, 6.07) is 8.81. The van der Waals surface area contributed by atoms with Crippen LogP contribution in [0.1, 0.15) is 6.92 Å². The van der Waals surface area contributed by atoms with Crippen LogP contribution in [0.2, 0.25) is 0 Å². The van der Waals surface area contributed by atoms with Crippen molar-refractivity contribution in [1.82, 2.24) is 10.2 Å². The lowest BCUT2D eigenvalue weighted by Gasteiger charge is -2.14. The number of nitrogens with zero attached hydrogens (tertiary/aromatic N) is 1. The molecule has 1 N–H and O–H groups in total. The van der Waals surface area contributed by atoms with E-state index in [2.05, 4.69) is 5.32 Å². The van der Waals surface area contributed by atoms with Crippen molar-refractivity contribution in [2.24, 2.45) is 0 Å². The molecule has 7 heteroatoms. The highest BCUT2D eigenvalue weighted by Crippen LogP contribution is 2.11. The molecule has 0 bridgehead atoms. The molecule has 0 aliphatic rings. The van der Waals surface area contributed by atoms with Crippen LogP contribution in [0, 0.1) is 0 Å². The summed E-state index contributed by atoms with van der Waals surface area (Å²) < 4.78 is 10.2. The Bertz CT molecular complexity index is 516. The van der Waals surface area contributed by atoms with Gasteiger partial charge in [-0.15, -0.1) is 0 Å². The van der Waals surface area contributed by atoms with Crippen molar-refractivity contribution in [3.8, 4) is 5.75 Å². The van der Waals surface area contributed by atoms with Gasteiger partial charge in [0.1, 0.15) is 5.75 Å². The predicted octanol–water partition coefficient (Wildman–Crippen LogP) is 0.202. The molecule has 0 radical (unpaired) electrons. The van der Waals surface area contributed by atoms with Crippen LogP contribution >= 0.6 is 0 Å². The van der Waals surface area contributed by atoms with Crippen molar-refractivity contribution in [2.75, 3.05) is 27.2 Å². The minimum atomic E-state index is -0.835. The van der Waals surface area contributed by atoms with Gasteiger partial charge in [0.15, 0.2) is 12.7 Å². The highest BCUT2D eigenvalue weighted by molar-refractivity contribution is 5.86. The highest BCUT2D eigenvalue weighted by Gasteiger charge is 2.18. The van der Waals surface area contributed by atoms with Gasteiger partial charge in [-0.3, -0.25) is 9.59 Å². The summed E-state index contributed by atoms with van der Waals surface area (Å²) in [4.78, 5) is 35.8. The Balaban J connectivity index is 2.30. The van der Waals surface area contributed by atoms with Crippen molar-refractivity contribution >= 4 is 17.8 Å². The third kappa shape index (κ3) is 6.25. The summed E-state index contributed by atoms with van der Waals surface area (Å²) in [5.41, 5.74) is 0. The molecule has 0 fully saturated rings. The third-order valence-corrected chi connectivity index (χ3v) is 2.67. The molecule has 0 heterocycles. The lowest BCUT2D eigenvalue weighted by Crippen LogP contribution is -2.39. The number of nitrogens with one attached hydrogen (secondary N) is 1. The van der Waals surface area contributed by atoms with Crippen molar-refractivity contribution < 1.29 is 23.9 Å². The van der Waals surface area contributed by atoms with Gasteiger partial charge in [0.2, 0.25) is 5.91 Å². The molecule has 1 atom stereocenters. The van der Waals surface area contributed by atoms with Gasteiger partial charge in [0.25, 0.3) is 5.91 Å².